The van der Waals surface area contributed by atoms with Gasteiger partial charge in [0.2, 0.25) is 11.8 Å². The van der Waals surface area contributed by atoms with Gasteiger partial charge < -0.3 is 10.6 Å². The van der Waals surface area contributed by atoms with Crippen LogP contribution in [0.3, 0.4) is 0 Å². The topological polar surface area (TPSA) is 58.2 Å². The number of carbonyl (C=O) groups excluding carboxylic acids is 2. The molecule has 2 rings (SSSR count). The molecule has 0 aromatic carbocycles. The Hall–Kier alpha value is -1.06. The summed E-state index contributed by atoms with van der Waals surface area (Å²) < 4.78 is 0. The predicted molar refractivity (Wildman–Crippen MR) is 65.4 cm³/mol. The van der Waals surface area contributed by atoms with E-state index in [-0.39, 0.29) is 23.3 Å². The number of amides is 2. The molecule has 1 unspecified atom stereocenters. The Morgan fingerprint density at radius 3 is 2.65 bits per heavy atom. The van der Waals surface area contributed by atoms with Crippen molar-refractivity contribution < 1.29 is 9.59 Å². The van der Waals surface area contributed by atoms with Crippen LogP contribution in [0.15, 0.2) is 0 Å². The molecular formula is C13H22N2O2. The number of hydrogen-bond acceptors (Lipinski definition) is 2. The second-order valence-corrected chi connectivity index (χ2v) is 5.63. The average Bonchev–Trinajstić information content (AvgIpc) is 2.33. The van der Waals surface area contributed by atoms with E-state index >= 15 is 0 Å². The summed E-state index contributed by atoms with van der Waals surface area (Å²) >= 11 is 0. The van der Waals surface area contributed by atoms with Gasteiger partial charge in [-0.15, -0.1) is 0 Å². The van der Waals surface area contributed by atoms with E-state index < -0.39 is 0 Å². The van der Waals surface area contributed by atoms with Crippen LogP contribution >= 0.6 is 0 Å². The van der Waals surface area contributed by atoms with Gasteiger partial charge in [-0.05, 0) is 19.3 Å². The van der Waals surface area contributed by atoms with Crippen LogP contribution in [0.25, 0.3) is 0 Å². The highest BCUT2D eigenvalue weighted by molar-refractivity contribution is 5.83. The van der Waals surface area contributed by atoms with Gasteiger partial charge in [-0.3, -0.25) is 9.59 Å². The van der Waals surface area contributed by atoms with E-state index in [0.29, 0.717) is 13.0 Å². The van der Waals surface area contributed by atoms with Crippen molar-refractivity contribution in [3.8, 4) is 0 Å². The zero-order valence-corrected chi connectivity index (χ0v) is 10.6. The highest BCUT2D eigenvalue weighted by Gasteiger charge is 2.35. The smallest absolute Gasteiger partial charge is 0.226 e. The van der Waals surface area contributed by atoms with E-state index in [0.717, 1.165) is 32.1 Å². The Morgan fingerprint density at radius 1 is 1.35 bits per heavy atom. The minimum absolute atomic E-state index is 0.0966. The lowest BCUT2D eigenvalue weighted by atomic mass is 9.75. The first kappa shape index (κ1) is 12.4. The van der Waals surface area contributed by atoms with Crippen molar-refractivity contribution >= 4 is 11.8 Å². The van der Waals surface area contributed by atoms with Crippen molar-refractivity contribution in [1.82, 2.24) is 10.6 Å². The largest absolute Gasteiger partial charge is 0.354 e. The van der Waals surface area contributed by atoms with Crippen LogP contribution in [0.2, 0.25) is 0 Å². The van der Waals surface area contributed by atoms with Crippen molar-refractivity contribution in [3.63, 3.8) is 0 Å². The van der Waals surface area contributed by atoms with Crippen molar-refractivity contribution in [1.29, 1.82) is 0 Å². The van der Waals surface area contributed by atoms with E-state index in [1.54, 1.807) is 0 Å². The van der Waals surface area contributed by atoms with E-state index in [1.807, 2.05) is 0 Å². The maximum Gasteiger partial charge on any atom is 0.226 e. The number of carbonyl (C=O) groups is 2. The Labute approximate surface area is 103 Å². The minimum atomic E-state index is -0.181. The Bertz CT molecular complexity index is 299. The quantitative estimate of drug-likeness (QED) is 0.763. The van der Waals surface area contributed by atoms with Crippen LogP contribution in [0.4, 0.5) is 0 Å². The molecule has 0 aromatic rings. The molecule has 96 valence electrons. The predicted octanol–water partition coefficient (Wildman–Crippen LogP) is 1.35. The number of hydrogen-bond donors (Lipinski definition) is 2. The first-order valence-corrected chi connectivity index (χ1v) is 6.68. The average molecular weight is 238 g/mol. The van der Waals surface area contributed by atoms with Gasteiger partial charge in [-0.1, -0.05) is 26.2 Å². The molecule has 1 atom stereocenters. The summed E-state index contributed by atoms with van der Waals surface area (Å²) in [6.07, 6.45) is 6.87. The molecule has 0 spiro atoms. The third kappa shape index (κ3) is 2.99. The molecule has 0 aromatic heterocycles. The zero-order valence-electron chi connectivity index (χ0n) is 10.6. The zero-order chi connectivity index (χ0) is 12.3. The fraction of sp³-hybridized carbons (Fsp3) is 0.846. The maximum absolute atomic E-state index is 12.2. The lowest BCUT2D eigenvalue weighted by molar-refractivity contribution is -0.133. The van der Waals surface area contributed by atoms with E-state index in [2.05, 4.69) is 17.6 Å². The van der Waals surface area contributed by atoms with Crippen LogP contribution < -0.4 is 10.6 Å². The van der Waals surface area contributed by atoms with Gasteiger partial charge in [0.15, 0.2) is 0 Å². The highest BCUT2D eigenvalue weighted by Crippen LogP contribution is 2.36. The summed E-state index contributed by atoms with van der Waals surface area (Å²) in [6, 6.07) is 0.124. The molecule has 2 fully saturated rings. The van der Waals surface area contributed by atoms with Crippen LogP contribution in [-0.4, -0.2) is 24.4 Å². The summed E-state index contributed by atoms with van der Waals surface area (Å²) in [5.41, 5.74) is -0.181. The van der Waals surface area contributed by atoms with Crippen LogP contribution in [0.5, 0.6) is 0 Å². The summed E-state index contributed by atoms with van der Waals surface area (Å²) in [6.45, 7) is 2.66. The molecule has 0 bridgehead atoms. The van der Waals surface area contributed by atoms with Gasteiger partial charge in [0, 0.05) is 24.4 Å². The normalized spacial score (nSPS) is 28.3. The summed E-state index contributed by atoms with van der Waals surface area (Å²) in [4.78, 5) is 23.3. The fourth-order valence-corrected chi connectivity index (χ4v) is 2.77. The van der Waals surface area contributed by atoms with Crippen molar-refractivity contribution in [2.75, 3.05) is 6.54 Å². The molecular weight excluding hydrogens is 216 g/mol. The highest BCUT2D eigenvalue weighted by atomic mass is 16.2. The standard InChI is InChI=1S/C13H22N2O2/c1-13(7-3-2-4-8-13)12(17)15-10-5-6-11(16)14-9-10/h10H,2-9H2,1H3,(H,14,16)(H,15,17). The van der Waals surface area contributed by atoms with Gasteiger partial charge in [0.05, 0.1) is 0 Å². The van der Waals surface area contributed by atoms with Gasteiger partial charge in [0.25, 0.3) is 0 Å². The molecule has 1 aliphatic carbocycles. The fourth-order valence-electron chi connectivity index (χ4n) is 2.77. The molecule has 17 heavy (non-hydrogen) atoms. The second kappa shape index (κ2) is 5.07. The van der Waals surface area contributed by atoms with Crippen LogP contribution in [-0.2, 0) is 9.59 Å². The molecule has 4 nitrogen and oxygen atoms in total. The molecule has 2 amide bonds. The molecule has 2 N–H and O–H groups in total. The molecule has 4 heteroatoms. The van der Waals surface area contributed by atoms with Gasteiger partial charge in [-0.2, -0.15) is 0 Å². The summed E-state index contributed by atoms with van der Waals surface area (Å²) in [5, 5.41) is 5.90. The molecule has 1 aliphatic heterocycles. The molecule has 1 saturated heterocycles. The third-order valence-electron chi connectivity index (χ3n) is 4.11. The third-order valence-corrected chi connectivity index (χ3v) is 4.11. The minimum Gasteiger partial charge on any atom is -0.354 e. The Morgan fingerprint density at radius 2 is 2.06 bits per heavy atom. The van der Waals surface area contributed by atoms with Gasteiger partial charge >= 0.3 is 0 Å². The summed E-state index contributed by atoms with van der Waals surface area (Å²) in [7, 11) is 0. The van der Waals surface area contributed by atoms with Crippen molar-refractivity contribution in [2.24, 2.45) is 5.41 Å². The number of rotatable bonds is 2. The first-order valence-electron chi connectivity index (χ1n) is 6.68. The Balaban J connectivity index is 1.85. The SMILES string of the molecule is CC1(C(=O)NC2CCC(=O)NC2)CCCCC1. The maximum atomic E-state index is 12.2. The second-order valence-electron chi connectivity index (χ2n) is 5.63. The monoisotopic (exact) mass is 238 g/mol. The van der Waals surface area contributed by atoms with E-state index in [4.69, 9.17) is 0 Å². The van der Waals surface area contributed by atoms with E-state index in [1.165, 1.54) is 6.42 Å². The molecule has 0 radical (unpaired) electrons. The molecule has 1 saturated carbocycles. The number of piperidine rings is 1. The molecule has 1 heterocycles. The molecule has 2 aliphatic rings. The first-order chi connectivity index (χ1) is 8.10. The van der Waals surface area contributed by atoms with Gasteiger partial charge in [-0.25, -0.2) is 0 Å². The van der Waals surface area contributed by atoms with Crippen LogP contribution in [0, 0.1) is 5.41 Å². The van der Waals surface area contributed by atoms with E-state index in [9.17, 15) is 9.59 Å². The van der Waals surface area contributed by atoms with Crippen molar-refractivity contribution in [2.45, 2.75) is 57.9 Å². The van der Waals surface area contributed by atoms with Crippen molar-refractivity contribution in [3.05, 3.63) is 0 Å². The summed E-state index contributed by atoms with van der Waals surface area (Å²) in [5.74, 6) is 0.276. The lowest BCUT2D eigenvalue weighted by Gasteiger charge is -2.34. The number of nitrogens with one attached hydrogen (secondary N) is 2. The Kier molecular flexibility index (Phi) is 3.69. The lowest BCUT2D eigenvalue weighted by Crippen LogP contribution is -2.51. The van der Waals surface area contributed by atoms with Gasteiger partial charge in [0.1, 0.15) is 0 Å². The van der Waals surface area contributed by atoms with Crippen LogP contribution in [0.1, 0.15) is 51.9 Å².